The molecule has 11 nitrogen and oxygen atoms in total. The predicted molar refractivity (Wildman–Crippen MR) is 137 cm³/mol. The minimum absolute atomic E-state index is 0.00624. The summed E-state index contributed by atoms with van der Waals surface area (Å²) in [7, 11) is -4.83. The Morgan fingerprint density at radius 2 is 1.30 bits per heavy atom. The van der Waals surface area contributed by atoms with Gasteiger partial charge in [-0.3, -0.25) is 18.9 Å². The van der Waals surface area contributed by atoms with Gasteiger partial charge in [0.15, 0.2) is 0 Å². The van der Waals surface area contributed by atoms with E-state index in [1.807, 2.05) is 6.92 Å². The number of phenolic OH excluding ortho intramolecular Hbond substituents is 2. The molecule has 202 valence electrons. The number of nitrogens with one attached hydrogen (secondary N) is 3. The van der Waals surface area contributed by atoms with E-state index in [9.17, 15) is 38.9 Å². The van der Waals surface area contributed by atoms with Gasteiger partial charge in [-0.15, -0.1) is 0 Å². The molecule has 0 heterocycles. The van der Waals surface area contributed by atoms with Gasteiger partial charge in [0.05, 0.1) is 0 Å². The van der Waals surface area contributed by atoms with Crippen LogP contribution in [-0.4, -0.2) is 55.6 Å². The summed E-state index contributed by atoms with van der Waals surface area (Å²) in [5, 5.41) is 26.6. The second-order valence-electron chi connectivity index (χ2n) is 8.98. The highest BCUT2D eigenvalue weighted by molar-refractivity contribution is 7.52. The maximum atomic E-state index is 13.3. The summed E-state index contributed by atoms with van der Waals surface area (Å²) in [5.41, 5.74) is 1.04. The second-order valence-corrected chi connectivity index (χ2v) is 10.8. The van der Waals surface area contributed by atoms with Crippen LogP contribution in [0.2, 0.25) is 0 Å². The number of hydrogen-bond acceptors (Lipinski definition) is 6. The molecule has 0 aliphatic rings. The van der Waals surface area contributed by atoms with Crippen LogP contribution < -0.4 is 16.0 Å². The molecule has 0 fully saturated rings. The molecule has 4 atom stereocenters. The fourth-order valence-electron chi connectivity index (χ4n) is 3.63. The Morgan fingerprint density at radius 1 is 0.811 bits per heavy atom. The SMILES string of the molecule is CCC(C)C(NC(C)=O)C(=O)NC(Cc1ccc(O)cc1)C(=O)NC(Cc1ccc(O)cc1)P(=O)(O)O. The van der Waals surface area contributed by atoms with Gasteiger partial charge in [0.2, 0.25) is 17.7 Å². The average Bonchev–Trinajstić information content (AvgIpc) is 2.83. The van der Waals surface area contributed by atoms with E-state index in [1.54, 1.807) is 19.1 Å². The van der Waals surface area contributed by atoms with Gasteiger partial charge in [0.1, 0.15) is 29.4 Å². The first-order valence-electron chi connectivity index (χ1n) is 11.8. The molecule has 0 aliphatic carbocycles. The Balaban J connectivity index is 2.32. The Labute approximate surface area is 215 Å². The number of carbonyl (C=O) groups excluding carboxylic acids is 3. The monoisotopic (exact) mass is 535 g/mol. The number of rotatable bonds is 12. The molecule has 7 N–H and O–H groups in total. The fourth-order valence-corrected chi connectivity index (χ4v) is 4.38. The third-order valence-electron chi connectivity index (χ3n) is 5.94. The summed E-state index contributed by atoms with van der Waals surface area (Å²) in [6.45, 7) is 4.90. The van der Waals surface area contributed by atoms with Crippen molar-refractivity contribution in [3.8, 4) is 11.5 Å². The zero-order valence-electron chi connectivity index (χ0n) is 20.9. The van der Waals surface area contributed by atoms with Crippen molar-refractivity contribution in [3.63, 3.8) is 0 Å². The standard InChI is InChI=1S/C25H34N3O8P/c1-4-15(2)23(26-16(3)29)25(33)27-21(13-17-5-9-19(30)10-6-17)24(32)28-22(37(34,35)36)14-18-7-11-20(31)12-8-18/h5-12,15,21-23,30-31H,4,13-14H2,1-3H3,(H,26,29)(H,27,33)(H,28,32)(H2,34,35,36). The summed E-state index contributed by atoms with van der Waals surface area (Å²) in [4.78, 5) is 57.9. The third kappa shape index (κ3) is 9.53. The van der Waals surface area contributed by atoms with Crippen molar-refractivity contribution in [2.75, 3.05) is 0 Å². The number of benzene rings is 2. The highest BCUT2D eigenvalue weighted by Gasteiger charge is 2.35. The summed E-state index contributed by atoms with van der Waals surface area (Å²) >= 11 is 0. The van der Waals surface area contributed by atoms with Crippen molar-refractivity contribution < 1.29 is 38.9 Å². The molecule has 2 aromatic rings. The predicted octanol–water partition coefficient (Wildman–Crippen LogP) is 1.54. The molecule has 0 saturated heterocycles. The summed E-state index contributed by atoms with van der Waals surface area (Å²) in [5.74, 6) is -3.73. The number of amides is 3. The Hall–Kier alpha value is -3.40. The first-order valence-corrected chi connectivity index (χ1v) is 13.5. The van der Waals surface area contributed by atoms with Crippen LogP contribution in [0, 0.1) is 5.92 Å². The molecule has 12 heteroatoms. The number of phenols is 2. The Morgan fingerprint density at radius 3 is 1.73 bits per heavy atom. The van der Waals surface area contributed by atoms with Crippen molar-refractivity contribution in [3.05, 3.63) is 59.7 Å². The Bertz CT molecular complexity index is 1120. The maximum absolute atomic E-state index is 13.3. The number of aromatic hydroxyl groups is 2. The van der Waals surface area contributed by atoms with Crippen molar-refractivity contribution in [1.29, 1.82) is 0 Å². The molecular formula is C25H34N3O8P. The first-order chi connectivity index (χ1) is 17.3. The van der Waals surface area contributed by atoms with E-state index in [1.165, 1.54) is 43.3 Å². The normalized spacial score (nSPS) is 14.6. The van der Waals surface area contributed by atoms with Crippen molar-refractivity contribution in [2.24, 2.45) is 5.92 Å². The molecule has 0 spiro atoms. The van der Waals surface area contributed by atoms with Gasteiger partial charge in [-0.05, 0) is 41.3 Å². The molecule has 2 aromatic carbocycles. The molecular weight excluding hydrogens is 501 g/mol. The summed E-state index contributed by atoms with van der Waals surface area (Å²) in [6.07, 6.45) is 0.301. The van der Waals surface area contributed by atoms with Crippen molar-refractivity contribution in [2.45, 2.75) is 57.9 Å². The molecule has 2 rings (SSSR count). The van der Waals surface area contributed by atoms with Crippen LogP contribution in [0.5, 0.6) is 11.5 Å². The van der Waals surface area contributed by atoms with Crippen LogP contribution in [0.15, 0.2) is 48.5 Å². The van der Waals surface area contributed by atoms with Gasteiger partial charge in [0, 0.05) is 19.8 Å². The quantitative estimate of drug-likeness (QED) is 0.200. The minimum Gasteiger partial charge on any atom is -0.508 e. The molecule has 0 aliphatic heterocycles. The highest BCUT2D eigenvalue weighted by atomic mass is 31.2. The van der Waals surface area contributed by atoms with Gasteiger partial charge >= 0.3 is 7.60 Å². The second kappa shape index (κ2) is 13.2. The largest absolute Gasteiger partial charge is 0.508 e. The fraction of sp³-hybridized carbons (Fsp3) is 0.400. The zero-order valence-corrected chi connectivity index (χ0v) is 21.8. The van der Waals surface area contributed by atoms with E-state index in [-0.39, 0.29) is 30.3 Å². The van der Waals surface area contributed by atoms with Gasteiger partial charge < -0.3 is 36.0 Å². The van der Waals surface area contributed by atoms with E-state index in [4.69, 9.17) is 0 Å². The van der Waals surface area contributed by atoms with Crippen LogP contribution in [0.1, 0.15) is 38.3 Å². The van der Waals surface area contributed by atoms with Gasteiger partial charge in [-0.2, -0.15) is 0 Å². The van der Waals surface area contributed by atoms with E-state index in [2.05, 4.69) is 16.0 Å². The Kier molecular flexibility index (Phi) is 10.7. The minimum atomic E-state index is -4.83. The van der Waals surface area contributed by atoms with Crippen molar-refractivity contribution >= 4 is 25.3 Å². The van der Waals surface area contributed by atoms with Gasteiger partial charge in [0.25, 0.3) is 0 Å². The lowest BCUT2D eigenvalue weighted by atomic mass is 9.97. The van der Waals surface area contributed by atoms with E-state index >= 15 is 0 Å². The number of hydrogen-bond donors (Lipinski definition) is 7. The molecule has 0 radical (unpaired) electrons. The lowest BCUT2D eigenvalue weighted by Gasteiger charge is -2.28. The molecule has 0 saturated carbocycles. The van der Waals surface area contributed by atoms with E-state index in [0.29, 0.717) is 17.5 Å². The van der Waals surface area contributed by atoms with Crippen LogP contribution in [0.4, 0.5) is 0 Å². The highest BCUT2D eigenvalue weighted by Crippen LogP contribution is 2.41. The van der Waals surface area contributed by atoms with E-state index in [0.717, 1.165) is 0 Å². The summed E-state index contributed by atoms with van der Waals surface area (Å²) < 4.78 is 12.2. The third-order valence-corrected chi connectivity index (χ3v) is 7.07. The smallest absolute Gasteiger partial charge is 0.347 e. The van der Waals surface area contributed by atoms with Crippen LogP contribution in [0.3, 0.4) is 0 Å². The van der Waals surface area contributed by atoms with Crippen molar-refractivity contribution in [1.82, 2.24) is 16.0 Å². The lowest BCUT2D eigenvalue weighted by molar-refractivity contribution is -0.132. The zero-order chi connectivity index (χ0) is 27.8. The van der Waals surface area contributed by atoms with Crippen LogP contribution in [-0.2, 0) is 31.8 Å². The topological polar surface area (TPSA) is 185 Å². The molecule has 4 unspecified atom stereocenters. The average molecular weight is 536 g/mol. The molecule has 0 aromatic heterocycles. The number of carbonyl (C=O) groups is 3. The lowest BCUT2D eigenvalue weighted by Crippen LogP contribution is -2.57. The van der Waals surface area contributed by atoms with Gasteiger partial charge in [-0.25, -0.2) is 0 Å². The van der Waals surface area contributed by atoms with Crippen LogP contribution >= 0.6 is 7.60 Å². The van der Waals surface area contributed by atoms with E-state index < -0.39 is 43.2 Å². The van der Waals surface area contributed by atoms with Crippen LogP contribution in [0.25, 0.3) is 0 Å². The van der Waals surface area contributed by atoms with Gasteiger partial charge in [-0.1, -0.05) is 44.5 Å². The molecule has 37 heavy (non-hydrogen) atoms. The maximum Gasteiger partial charge on any atom is 0.347 e. The summed E-state index contributed by atoms with van der Waals surface area (Å²) in [6, 6.07) is 9.44. The molecule has 0 bridgehead atoms. The molecule has 3 amide bonds. The first kappa shape index (κ1) is 29.8.